The predicted octanol–water partition coefficient (Wildman–Crippen LogP) is 5.31. The first kappa shape index (κ1) is 56.3. The molecule has 0 aromatic heterocycles. The monoisotopic (exact) mass is 897 g/mol. The van der Waals surface area contributed by atoms with E-state index in [9.17, 15) is 45.3 Å². The second-order valence-corrected chi connectivity index (χ2v) is 16.2. The third kappa shape index (κ3) is 24.3. The molecule has 15 heteroatoms. The van der Waals surface area contributed by atoms with Gasteiger partial charge in [0, 0.05) is 12.8 Å². The van der Waals surface area contributed by atoms with Gasteiger partial charge in [-0.15, -0.1) is 0 Å². The summed E-state index contributed by atoms with van der Waals surface area (Å²) >= 11 is 0. The van der Waals surface area contributed by atoms with Crippen molar-refractivity contribution in [1.82, 2.24) is 0 Å². The number of rotatable bonds is 34. The lowest BCUT2D eigenvalue weighted by molar-refractivity contribution is -0.332. The van der Waals surface area contributed by atoms with Gasteiger partial charge in [0.2, 0.25) is 0 Å². The van der Waals surface area contributed by atoms with Gasteiger partial charge in [-0.1, -0.05) is 107 Å². The zero-order valence-corrected chi connectivity index (χ0v) is 37.8. The summed E-state index contributed by atoms with van der Waals surface area (Å²) in [5, 5.41) is 71.9. The number of carbonyl (C=O) groups is 2. The van der Waals surface area contributed by atoms with Crippen molar-refractivity contribution in [2.75, 3.05) is 26.4 Å². The van der Waals surface area contributed by atoms with E-state index in [-0.39, 0.29) is 19.4 Å². The van der Waals surface area contributed by atoms with E-state index in [2.05, 4.69) is 74.6 Å². The van der Waals surface area contributed by atoms with Gasteiger partial charge in [-0.2, -0.15) is 0 Å². The van der Waals surface area contributed by atoms with Crippen LogP contribution in [0.25, 0.3) is 0 Å². The van der Waals surface area contributed by atoms with E-state index in [0.717, 1.165) is 77.0 Å². The van der Waals surface area contributed by atoms with E-state index in [1.165, 1.54) is 19.3 Å². The summed E-state index contributed by atoms with van der Waals surface area (Å²) < 4.78 is 33.4. The fourth-order valence-electron chi connectivity index (χ4n) is 6.85. The van der Waals surface area contributed by atoms with Gasteiger partial charge >= 0.3 is 11.9 Å². The average molecular weight is 897 g/mol. The number of ether oxygens (including phenoxy) is 6. The number of allylic oxidation sites excluding steroid dienone is 10. The summed E-state index contributed by atoms with van der Waals surface area (Å²) in [5.74, 6) is -0.992. The lowest BCUT2D eigenvalue weighted by Crippen LogP contribution is -2.61. The van der Waals surface area contributed by atoms with E-state index in [0.29, 0.717) is 12.8 Å². The van der Waals surface area contributed by atoms with Crippen LogP contribution in [0, 0.1) is 0 Å². The van der Waals surface area contributed by atoms with Crippen molar-refractivity contribution < 1.29 is 73.8 Å². The minimum atomic E-state index is -1.77. The standard InChI is InChI=1S/C48H80O15/c1-3-5-7-9-11-13-15-17-18-19-21-23-25-27-29-31-40(51)61-36(33-58-39(50)30-28-26-24-22-20-16-14-12-10-8-6-4-2)34-59-47-46(57)44(55)42(53)38(63-47)35-60-48-45(56)43(54)41(52)37(32-49)62-48/h5,7,11-14,17-18,21,23,36-38,41-49,52-57H,3-4,6,8-10,15-16,19-20,22,24-35H2,1-2H3/b7-5+,13-11+,14-12+,18-17+,23-21+/t36-,37-,38-,41+,42+,43?,44?,45?,46?,47-,48-/m1/s1. The molecule has 0 saturated carbocycles. The quantitative estimate of drug-likeness (QED) is 0.0246. The van der Waals surface area contributed by atoms with Gasteiger partial charge in [0.1, 0.15) is 55.4 Å². The van der Waals surface area contributed by atoms with Crippen LogP contribution >= 0.6 is 0 Å². The van der Waals surface area contributed by atoms with Crippen molar-refractivity contribution in [3.05, 3.63) is 60.8 Å². The maximum atomic E-state index is 12.9. The third-order valence-corrected chi connectivity index (χ3v) is 10.7. The van der Waals surface area contributed by atoms with E-state index in [1.54, 1.807) is 0 Å². The maximum absolute atomic E-state index is 12.9. The van der Waals surface area contributed by atoms with E-state index in [1.807, 2.05) is 0 Å². The number of unbranched alkanes of at least 4 members (excludes halogenated alkanes) is 10. The molecule has 0 bridgehead atoms. The molecule has 2 fully saturated rings. The molecule has 362 valence electrons. The molecule has 63 heavy (non-hydrogen) atoms. The van der Waals surface area contributed by atoms with Gasteiger partial charge in [0.15, 0.2) is 18.7 Å². The Bertz CT molecular complexity index is 1330. The molecule has 0 amide bonds. The van der Waals surface area contributed by atoms with Gasteiger partial charge in [0.05, 0.1) is 19.8 Å². The summed E-state index contributed by atoms with van der Waals surface area (Å²) in [4.78, 5) is 25.6. The van der Waals surface area contributed by atoms with Crippen LogP contribution in [0.5, 0.6) is 0 Å². The van der Waals surface area contributed by atoms with E-state index in [4.69, 9.17) is 28.4 Å². The fraction of sp³-hybridized carbons (Fsp3) is 0.750. The highest BCUT2D eigenvalue weighted by atomic mass is 16.7. The lowest BCUT2D eigenvalue weighted by Gasteiger charge is -2.42. The van der Waals surface area contributed by atoms with Gasteiger partial charge in [-0.25, -0.2) is 0 Å². The molecule has 2 rings (SSSR count). The molecule has 2 aliphatic rings. The molecule has 4 unspecified atom stereocenters. The first-order valence-electron chi connectivity index (χ1n) is 23.4. The molecular weight excluding hydrogens is 817 g/mol. The van der Waals surface area contributed by atoms with Crippen molar-refractivity contribution in [2.45, 2.75) is 203 Å². The lowest BCUT2D eigenvalue weighted by atomic mass is 9.98. The van der Waals surface area contributed by atoms with Crippen LogP contribution in [0.3, 0.4) is 0 Å². The molecule has 2 saturated heterocycles. The molecule has 7 N–H and O–H groups in total. The largest absolute Gasteiger partial charge is 0.462 e. The topological polar surface area (TPSA) is 231 Å². The number of aliphatic hydroxyl groups is 7. The Morgan fingerprint density at radius 2 is 1.00 bits per heavy atom. The number of carbonyl (C=O) groups excluding carboxylic acids is 2. The van der Waals surface area contributed by atoms with Gasteiger partial charge in [-0.05, 0) is 77.0 Å². The van der Waals surface area contributed by atoms with Crippen LogP contribution in [0.2, 0.25) is 0 Å². The molecular formula is C48H80O15. The number of aliphatic hydroxyl groups excluding tert-OH is 7. The first-order chi connectivity index (χ1) is 30.5. The number of esters is 2. The number of hydrogen-bond acceptors (Lipinski definition) is 15. The zero-order valence-electron chi connectivity index (χ0n) is 37.8. The van der Waals surface area contributed by atoms with Crippen molar-refractivity contribution in [1.29, 1.82) is 0 Å². The highest BCUT2D eigenvalue weighted by molar-refractivity contribution is 5.70. The van der Waals surface area contributed by atoms with Crippen LogP contribution in [-0.4, -0.2) is 142 Å². The molecule has 0 spiro atoms. The highest BCUT2D eigenvalue weighted by Gasteiger charge is 2.47. The Morgan fingerprint density at radius 1 is 0.524 bits per heavy atom. The summed E-state index contributed by atoms with van der Waals surface area (Å²) in [6, 6.07) is 0. The van der Waals surface area contributed by atoms with Gasteiger partial charge < -0.3 is 64.2 Å². The van der Waals surface area contributed by atoms with Crippen molar-refractivity contribution in [3.8, 4) is 0 Å². The van der Waals surface area contributed by atoms with Crippen LogP contribution < -0.4 is 0 Å². The summed E-state index contributed by atoms with van der Waals surface area (Å²) in [6.45, 7) is 2.36. The first-order valence-corrected chi connectivity index (χ1v) is 23.4. The Labute approximate surface area is 375 Å². The van der Waals surface area contributed by atoms with Crippen molar-refractivity contribution >= 4 is 11.9 Å². The maximum Gasteiger partial charge on any atom is 0.306 e. The Balaban J connectivity index is 1.88. The van der Waals surface area contributed by atoms with Crippen LogP contribution in [0.4, 0.5) is 0 Å². The molecule has 0 aromatic rings. The molecule has 15 nitrogen and oxygen atoms in total. The second kappa shape index (κ2) is 35.5. The fourth-order valence-corrected chi connectivity index (χ4v) is 6.85. The van der Waals surface area contributed by atoms with Gasteiger partial charge in [-0.3, -0.25) is 9.59 Å². The Hall–Kier alpha value is -2.80. The van der Waals surface area contributed by atoms with Crippen LogP contribution in [0.1, 0.15) is 136 Å². The third-order valence-electron chi connectivity index (χ3n) is 10.7. The number of hydrogen-bond donors (Lipinski definition) is 7. The summed E-state index contributed by atoms with van der Waals surface area (Å²) in [7, 11) is 0. The molecule has 2 heterocycles. The Morgan fingerprint density at radius 3 is 1.62 bits per heavy atom. The minimum Gasteiger partial charge on any atom is -0.462 e. The molecule has 0 aromatic carbocycles. The zero-order chi connectivity index (χ0) is 46.1. The van der Waals surface area contributed by atoms with Crippen molar-refractivity contribution in [3.63, 3.8) is 0 Å². The summed E-state index contributed by atoms with van der Waals surface area (Å²) in [6.07, 6.45) is 21.2. The normalized spacial score (nSPS) is 27.4. The summed E-state index contributed by atoms with van der Waals surface area (Å²) in [5.41, 5.74) is 0. The molecule has 0 aliphatic carbocycles. The predicted molar refractivity (Wildman–Crippen MR) is 238 cm³/mol. The molecule has 11 atom stereocenters. The van der Waals surface area contributed by atoms with Crippen molar-refractivity contribution in [2.24, 2.45) is 0 Å². The molecule has 2 aliphatic heterocycles. The Kier molecular flexibility index (Phi) is 31.7. The van der Waals surface area contributed by atoms with Crippen LogP contribution in [-0.2, 0) is 38.0 Å². The van der Waals surface area contributed by atoms with Crippen LogP contribution in [0.15, 0.2) is 60.8 Å². The van der Waals surface area contributed by atoms with E-state index < -0.39 is 99.3 Å². The van der Waals surface area contributed by atoms with E-state index >= 15 is 0 Å². The van der Waals surface area contributed by atoms with Gasteiger partial charge in [0.25, 0.3) is 0 Å². The average Bonchev–Trinajstić information content (AvgIpc) is 3.28. The molecule has 0 radical (unpaired) electrons. The smallest absolute Gasteiger partial charge is 0.306 e. The highest BCUT2D eigenvalue weighted by Crippen LogP contribution is 2.26. The SMILES string of the molecule is CC/C=C/C/C=C/C/C=C/C/C=C/CCCCC(=O)O[C@H](COC(=O)CCCCCCC/C=C/CCCCC)CO[C@@H]1O[C@H](CO[C@@H]2O[C@H](CO)[C@H](O)C(O)C2O)[C@H](O)C(O)C1O. The minimum absolute atomic E-state index is 0.109. The second-order valence-electron chi connectivity index (χ2n) is 16.2.